The van der Waals surface area contributed by atoms with Crippen LogP contribution in [0.2, 0.25) is 15.1 Å². The predicted molar refractivity (Wildman–Crippen MR) is 119 cm³/mol. The smallest absolute Gasteiger partial charge is 0.257 e. The van der Waals surface area contributed by atoms with Gasteiger partial charge in [0.2, 0.25) is 0 Å². The summed E-state index contributed by atoms with van der Waals surface area (Å²) < 4.78 is 28.2. The van der Waals surface area contributed by atoms with Crippen LogP contribution in [0.4, 0.5) is 14.5 Å². The van der Waals surface area contributed by atoms with Crippen molar-refractivity contribution < 1.29 is 18.4 Å². The van der Waals surface area contributed by atoms with E-state index in [9.17, 15) is 18.4 Å². The van der Waals surface area contributed by atoms with Crippen molar-refractivity contribution in [3.63, 3.8) is 0 Å². The summed E-state index contributed by atoms with van der Waals surface area (Å²) in [5.41, 5.74) is 1.01. The van der Waals surface area contributed by atoms with Crippen LogP contribution in [0.15, 0.2) is 46.9 Å². The van der Waals surface area contributed by atoms with Crippen LogP contribution in [0, 0.1) is 11.6 Å². The Hall–Kier alpha value is -2.19. The Morgan fingerprint density at radius 3 is 2.48 bits per heavy atom. The molecule has 4 rings (SSSR count). The second-order valence-corrected chi connectivity index (χ2v) is 8.80. The van der Waals surface area contributed by atoms with Crippen molar-refractivity contribution in [2.24, 2.45) is 0 Å². The van der Waals surface area contributed by atoms with Gasteiger partial charge in [-0.3, -0.25) is 9.59 Å². The fourth-order valence-electron chi connectivity index (χ4n) is 3.38. The summed E-state index contributed by atoms with van der Waals surface area (Å²) in [6.07, 6.45) is 0. The lowest BCUT2D eigenvalue weighted by atomic mass is 9.96. The molecule has 0 fully saturated rings. The lowest BCUT2D eigenvalue weighted by molar-refractivity contribution is 0.0959. The highest BCUT2D eigenvalue weighted by atomic mass is 79.9. The fourth-order valence-corrected chi connectivity index (χ4v) is 4.47. The van der Waals surface area contributed by atoms with Gasteiger partial charge in [-0.15, -0.1) is 0 Å². The Balaban J connectivity index is 1.82. The standard InChI is InChI=1S/C21H10BrCl3F2N2O2/c22-8-3-12-17(19(29-20(12)30)11-5-9(26)1-2-14(11)23)16(4-8)28-21(31)13-6-10(27)7-15(24)18(13)25/h1-7,19H,(H,28,31)(H,29,30). The third-order valence-corrected chi connectivity index (χ3v) is 6.31. The van der Waals surface area contributed by atoms with E-state index < -0.39 is 29.5 Å². The summed E-state index contributed by atoms with van der Waals surface area (Å²) in [5, 5.41) is 5.38. The second-order valence-electron chi connectivity index (χ2n) is 6.69. The van der Waals surface area contributed by atoms with E-state index in [1.165, 1.54) is 18.2 Å². The minimum atomic E-state index is -0.819. The molecule has 0 saturated heterocycles. The normalized spacial score (nSPS) is 14.9. The maximum Gasteiger partial charge on any atom is 0.257 e. The number of benzene rings is 3. The number of anilines is 1. The number of amides is 2. The van der Waals surface area contributed by atoms with Gasteiger partial charge in [0.1, 0.15) is 11.6 Å². The van der Waals surface area contributed by atoms with Gasteiger partial charge < -0.3 is 10.6 Å². The van der Waals surface area contributed by atoms with E-state index in [2.05, 4.69) is 26.6 Å². The van der Waals surface area contributed by atoms with Crippen molar-refractivity contribution in [3.05, 3.63) is 95.9 Å². The van der Waals surface area contributed by atoms with Gasteiger partial charge in [-0.1, -0.05) is 50.7 Å². The number of hydrogen-bond acceptors (Lipinski definition) is 2. The van der Waals surface area contributed by atoms with Crippen molar-refractivity contribution in [1.29, 1.82) is 0 Å². The first-order valence-electron chi connectivity index (χ1n) is 8.71. The molecule has 0 saturated carbocycles. The zero-order chi connectivity index (χ0) is 22.4. The molecule has 1 heterocycles. The molecule has 2 N–H and O–H groups in total. The van der Waals surface area contributed by atoms with Gasteiger partial charge in [-0.2, -0.15) is 0 Å². The molecule has 0 radical (unpaired) electrons. The highest BCUT2D eigenvalue weighted by molar-refractivity contribution is 9.10. The Morgan fingerprint density at radius 2 is 1.74 bits per heavy atom. The minimum absolute atomic E-state index is 0.118. The van der Waals surface area contributed by atoms with Crippen molar-refractivity contribution in [2.45, 2.75) is 6.04 Å². The van der Waals surface area contributed by atoms with E-state index in [1.54, 1.807) is 12.1 Å². The van der Waals surface area contributed by atoms with E-state index >= 15 is 0 Å². The SMILES string of the molecule is O=C(Nc1cc(Br)cc2c1C(c1cc(F)ccc1Cl)NC2=O)c1cc(F)cc(Cl)c1Cl. The van der Waals surface area contributed by atoms with Crippen molar-refractivity contribution in [2.75, 3.05) is 5.32 Å². The molecule has 0 bridgehead atoms. The molecule has 3 aromatic carbocycles. The summed E-state index contributed by atoms with van der Waals surface area (Å²) in [6, 6.07) is 8.03. The van der Waals surface area contributed by atoms with Gasteiger partial charge in [0.25, 0.3) is 11.8 Å². The number of rotatable bonds is 3. The quantitative estimate of drug-likeness (QED) is 0.356. The van der Waals surface area contributed by atoms with E-state index in [0.717, 1.165) is 12.1 Å². The molecule has 1 unspecified atom stereocenters. The molecule has 158 valence electrons. The molecule has 4 nitrogen and oxygen atoms in total. The molecule has 1 atom stereocenters. The monoisotopic (exact) mass is 544 g/mol. The van der Waals surface area contributed by atoms with Gasteiger partial charge >= 0.3 is 0 Å². The number of carbonyl (C=O) groups excluding carboxylic acids is 2. The Morgan fingerprint density at radius 1 is 1.00 bits per heavy atom. The topological polar surface area (TPSA) is 58.2 Å². The summed E-state index contributed by atoms with van der Waals surface area (Å²) in [4.78, 5) is 25.4. The molecular formula is C21H10BrCl3F2N2O2. The summed E-state index contributed by atoms with van der Waals surface area (Å²) in [6.45, 7) is 0. The third kappa shape index (κ3) is 4.15. The summed E-state index contributed by atoms with van der Waals surface area (Å²) >= 11 is 21.5. The first-order chi connectivity index (χ1) is 14.7. The van der Waals surface area contributed by atoms with Crippen molar-refractivity contribution >= 4 is 68.2 Å². The Bertz CT molecular complexity index is 1270. The molecule has 1 aliphatic heterocycles. The van der Waals surface area contributed by atoms with Gasteiger partial charge in [0.05, 0.1) is 21.7 Å². The first kappa shape index (κ1) is 22.0. The molecule has 2 amide bonds. The average Bonchev–Trinajstić information content (AvgIpc) is 3.03. The minimum Gasteiger partial charge on any atom is -0.341 e. The Labute approximate surface area is 198 Å². The summed E-state index contributed by atoms with van der Waals surface area (Å²) in [7, 11) is 0. The summed E-state index contributed by atoms with van der Waals surface area (Å²) in [5.74, 6) is -2.44. The van der Waals surface area contributed by atoms with Crippen LogP contribution in [-0.2, 0) is 0 Å². The largest absolute Gasteiger partial charge is 0.341 e. The molecule has 0 spiro atoms. The van der Waals surface area contributed by atoms with Crippen LogP contribution in [-0.4, -0.2) is 11.8 Å². The molecular weight excluding hydrogens is 537 g/mol. The van der Waals surface area contributed by atoms with E-state index in [1.807, 2.05) is 0 Å². The number of fused-ring (bicyclic) bond motifs is 1. The number of carbonyl (C=O) groups is 2. The Kier molecular flexibility index (Phi) is 5.96. The molecule has 0 aliphatic carbocycles. The first-order valence-corrected chi connectivity index (χ1v) is 10.6. The maximum atomic E-state index is 13.9. The highest BCUT2D eigenvalue weighted by Crippen LogP contribution is 2.41. The van der Waals surface area contributed by atoms with Gasteiger partial charge in [-0.05, 0) is 42.5 Å². The molecule has 10 heteroatoms. The fraction of sp³-hybridized carbons (Fsp3) is 0.0476. The maximum absolute atomic E-state index is 13.9. The number of halogens is 6. The van der Waals surface area contributed by atoms with Crippen LogP contribution >= 0.6 is 50.7 Å². The van der Waals surface area contributed by atoms with Gasteiger partial charge in [-0.25, -0.2) is 8.78 Å². The number of hydrogen-bond donors (Lipinski definition) is 2. The lowest BCUT2D eigenvalue weighted by Crippen LogP contribution is -2.21. The molecule has 0 aromatic heterocycles. The van der Waals surface area contributed by atoms with Gasteiger partial charge in [0.15, 0.2) is 0 Å². The van der Waals surface area contributed by atoms with Crippen molar-refractivity contribution in [1.82, 2.24) is 5.32 Å². The molecule has 31 heavy (non-hydrogen) atoms. The number of nitrogens with one attached hydrogen (secondary N) is 2. The average molecular weight is 547 g/mol. The predicted octanol–water partition coefficient (Wildman–Crippen LogP) is 6.77. The molecule has 3 aromatic rings. The van der Waals surface area contributed by atoms with E-state index in [-0.39, 0.29) is 31.9 Å². The van der Waals surface area contributed by atoms with Crippen LogP contribution in [0.25, 0.3) is 0 Å². The third-order valence-electron chi connectivity index (χ3n) is 4.71. The highest BCUT2D eigenvalue weighted by Gasteiger charge is 2.34. The van der Waals surface area contributed by atoms with Crippen LogP contribution in [0.5, 0.6) is 0 Å². The van der Waals surface area contributed by atoms with Gasteiger partial charge in [0, 0.05) is 31.9 Å². The van der Waals surface area contributed by atoms with Crippen LogP contribution < -0.4 is 10.6 Å². The lowest BCUT2D eigenvalue weighted by Gasteiger charge is -2.18. The zero-order valence-electron chi connectivity index (χ0n) is 15.2. The van der Waals surface area contributed by atoms with Crippen molar-refractivity contribution in [3.8, 4) is 0 Å². The molecule has 1 aliphatic rings. The van der Waals surface area contributed by atoms with E-state index in [0.29, 0.717) is 15.6 Å². The zero-order valence-corrected chi connectivity index (χ0v) is 19.1. The van der Waals surface area contributed by atoms with Crippen LogP contribution in [0.1, 0.15) is 37.9 Å². The second kappa shape index (κ2) is 8.39. The van der Waals surface area contributed by atoms with Crippen LogP contribution in [0.3, 0.4) is 0 Å². The van der Waals surface area contributed by atoms with E-state index in [4.69, 9.17) is 34.8 Å².